The largest absolute Gasteiger partial charge is 0.369 e. The third-order valence-electron chi connectivity index (χ3n) is 5.05. The molecule has 2 heterocycles. The number of H-pyrrole nitrogens is 1. The molecular weight excluding hydrogens is 278 g/mol. The van der Waals surface area contributed by atoms with Crippen LogP contribution in [0.3, 0.4) is 0 Å². The summed E-state index contributed by atoms with van der Waals surface area (Å²) >= 11 is 0. The van der Waals surface area contributed by atoms with Crippen LogP contribution in [0.4, 0.5) is 0 Å². The maximum absolute atomic E-state index is 13.0. The van der Waals surface area contributed by atoms with E-state index in [2.05, 4.69) is 24.0 Å². The number of fused-ring (bicyclic) bond motifs is 1. The Labute approximate surface area is 132 Å². The van der Waals surface area contributed by atoms with Crippen molar-refractivity contribution in [3.8, 4) is 0 Å². The Morgan fingerprint density at radius 3 is 2.73 bits per heavy atom. The fourth-order valence-electron chi connectivity index (χ4n) is 3.95. The molecule has 1 saturated carbocycles. The van der Waals surface area contributed by atoms with Crippen molar-refractivity contribution < 1.29 is 9.53 Å². The van der Waals surface area contributed by atoms with Gasteiger partial charge in [0.25, 0.3) is 5.91 Å². The van der Waals surface area contributed by atoms with Crippen molar-refractivity contribution in [3.63, 3.8) is 0 Å². The molecule has 2 aliphatic rings. The van der Waals surface area contributed by atoms with Gasteiger partial charge in [0.2, 0.25) is 0 Å². The molecule has 1 aromatic rings. The van der Waals surface area contributed by atoms with Crippen LogP contribution in [0.1, 0.15) is 80.7 Å². The van der Waals surface area contributed by atoms with Crippen molar-refractivity contribution in [2.75, 3.05) is 6.54 Å². The summed E-state index contributed by atoms with van der Waals surface area (Å²) in [6, 6.07) is 0.383. The Bertz CT molecular complexity index is 534. The molecule has 5 heteroatoms. The molecule has 0 saturated heterocycles. The quantitative estimate of drug-likeness (QED) is 0.932. The average molecular weight is 305 g/mol. The Morgan fingerprint density at radius 2 is 2.05 bits per heavy atom. The number of hydrogen-bond donors (Lipinski definition) is 1. The van der Waals surface area contributed by atoms with E-state index in [0.29, 0.717) is 11.7 Å². The number of ether oxygens (including phenoxy) is 1. The van der Waals surface area contributed by atoms with Gasteiger partial charge in [0.15, 0.2) is 5.69 Å². The lowest BCUT2D eigenvalue weighted by molar-refractivity contribution is -0.00704. The molecule has 122 valence electrons. The van der Waals surface area contributed by atoms with Crippen LogP contribution in [0, 0.1) is 0 Å². The van der Waals surface area contributed by atoms with E-state index in [4.69, 9.17) is 4.74 Å². The van der Waals surface area contributed by atoms with Crippen LogP contribution in [0.15, 0.2) is 0 Å². The molecule has 2 atom stereocenters. The van der Waals surface area contributed by atoms with Gasteiger partial charge in [-0.2, -0.15) is 5.10 Å². The summed E-state index contributed by atoms with van der Waals surface area (Å²) < 4.78 is 5.81. The summed E-state index contributed by atoms with van der Waals surface area (Å²) in [4.78, 5) is 15.1. The molecule has 1 N–H and O–H groups in total. The van der Waals surface area contributed by atoms with Crippen LogP contribution in [-0.4, -0.2) is 39.7 Å². The third kappa shape index (κ3) is 2.78. The minimum absolute atomic E-state index is 0.0162. The minimum atomic E-state index is -0.0162. The van der Waals surface area contributed by atoms with E-state index in [0.717, 1.165) is 37.1 Å². The fraction of sp³-hybridized carbons (Fsp3) is 0.765. The van der Waals surface area contributed by atoms with Crippen LogP contribution in [0.2, 0.25) is 0 Å². The van der Waals surface area contributed by atoms with Crippen molar-refractivity contribution in [1.29, 1.82) is 0 Å². The maximum Gasteiger partial charge on any atom is 0.274 e. The summed E-state index contributed by atoms with van der Waals surface area (Å²) in [5, 5.41) is 7.39. The number of carbonyl (C=O) groups is 1. The van der Waals surface area contributed by atoms with Crippen molar-refractivity contribution >= 4 is 5.91 Å². The second kappa shape index (κ2) is 6.41. The van der Waals surface area contributed by atoms with E-state index in [1.165, 1.54) is 19.3 Å². The van der Waals surface area contributed by atoms with Crippen LogP contribution in [0.5, 0.6) is 0 Å². The Balaban J connectivity index is 1.85. The lowest BCUT2D eigenvalue weighted by Gasteiger charge is -2.33. The molecule has 0 bridgehead atoms. The lowest BCUT2D eigenvalue weighted by atomic mass is 9.93. The highest BCUT2D eigenvalue weighted by Gasteiger charge is 2.33. The Hall–Kier alpha value is -1.36. The van der Waals surface area contributed by atoms with Gasteiger partial charge in [0.05, 0.1) is 17.9 Å². The molecule has 5 nitrogen and oxygen atoms in total. The first kappa shape index (κ1) is 15.5. The molecule has 1 aliphatic heterocycles. The van der Waals surface area contributed by atoms with E-state index < -0.39 is 0 Å². The van der Waals surface area contributed by atoms with Gasteiger partial charge in [-0.15, -0.1) is 0 Å². The minimum Gasteiger partial charge on any atom is -0.369 e. The van der Waals surface area contributed by atoms with Crippen LogP contribution in [0.25, 0.3) is 0 Å². The summed E-state index contributed by atoms with van der Waals surface area (Å²) in [6.07, 6.45) is 6.90. The van der Waals surface area contributed by atoms with E-state index in [1.54, 1.807) is 0 Å². The molecule has 0 unspecified atom stereocenters. The van der Waals surface area contributed by atoms with Gasteiger partial charge in [-0.1, -0.05) is 19.3 Å². The van der Waals surface area contributed by atoms with Crippen molar-refractivity contribution in [2.45, 2.75) is 77.5 Å². The highest BCUT2D eigenvalue weighted by molar-refractivity contribution is 5.94. The highest BCUT2D eigenvalue weighted by atomic mass is 16.5. The molecule has 0 spiro atoms. The number of rotatable bonds is 3. The number of amides is 1. The van der Waals surface area contributed by atoms with Crippen molar-refractivity contribution in [3.05, 3.63) is 17.0 Å². The number of nitrogens with one attached hydrogen (secondary N) is 1. The van der Waals surface area contributed by atoms with Crippen LogP contribution in [-0.2, 0) is 11.2 Å². The predicted molar refractivity (Wildman–Crippen MR) is 84.8 cm³/mol. The molecule has 0 aromatic carbocycles. The highest BCUT2D eigenvalue weighted by Crippen LogP contribution is 2.31. The fourth-order valence-corrected chi connectivity index (χ4v) is 3.95. The second-order valence-corrected chi connectivity index (χ2v) is 6.64. The first-order chi connectivity index (χ1) is 10.6. The molecule has 0 radical (unpaired) electrons. The molecule has 3 rings (SSSR count). The van der Waals surface area contributed by atoms with Gasteiger partial charge >= 0.3 is 0 Å². The normalized spacial score (nSPS) is 25.8. The monoisotopic (exact) mass is 305 g/mol. The molecule has 1 aromatic heterocycles. The first-order valence-electron chi connectivity index (χ1n) is 8.65. The SMILES string of the molecule is CCN(C(=O)c1n[nH]c2c1C[C@H](C)O[C@@H]2C)C1CCCCC1. The average Bonchev–Trinajstić information content (AvgIpc) is 2.93. The molecule has 1 aliphatic carbocycles. The molecule has 1 fully saturated rings. The summed E-state index contributed by atoms with van der Waals surface area (Å²) in [7, 11) is 0. The number of nitrogens with zero attached hydrogens (tertiary/aromatic N) is 2. The smallest absolute Gasteiger partial charge is 0.274 e. The lowest BCUT2D eigenvalue weighted by Crippen LogP contribution is -2.42. The number of carbonyl (C=O) groups excluding carboxylic acids is 1. The van der Waals surface area contributed by atoms with Gasteiger partial charge in [0.1, 0.15) is 0 Å². The van der Waals surface area contributed by atoms with Crippen LogP contribution < -0.4 is 0 Å². The molecular formula is C17H27N3O2. The first-order valence-corrected chi connectivity index (χ1v) is 8.65. The van der Waals surface area contributed by atoms with Gasteiger partial charge in [-0.25, -0.2) is 0 Å². The third-order valence-corrected chi connectivity index (χ3v) is 5.05. The standard InChI is InChI=1S/C17H27N3O2/c1-4-20(13-8-6-5-7-9-13)17(21)16-14-10-11(2)22-12(3)15(14)18-19-16/h11-13H,4-10H2,1-3H3,(H,18,19)/t11-,12+/m0/s1. The zero-order valence-electron chi connectivity index (χ0n) is 13.9. The van der Waals surface area contributed by atoms with Crippen molar-refractivity contribution in [1.82, 2.24) is 15.1 Å². The topological polar surface area (TPSA) is 58.2 Å². The van der Waals surface area contributed by atoms with E-state index in [9.17, 15) is 4.79 Å². The molecule has 22 heavy (non-hydrogen) atoms. The van der Waals surface area contributed by atoms with Crippen LogP contribution >= 0.6 is 0 Å². The zero-order valence-corrected chi connectivity index (χ0v) is 13.9. The number of hydrogen-bond acceptors (Lipinski definition) is 3. The van der Waals surface area contributed by atoms with Gasteiger partial charge in [-0.05, 0) is 33.6 Å². The van der Waals surface area contributed by atoms with E-state index in [-0.39, 0.29) is 18.1 Å². The summed E-state index contributed by atoms with van der Waals surface area (Å²) in [5.74, 6) is 0.0909. The van der Waals surface area contributed by atoms with Crippen molar-refractivity contribution in [2.24, 2.45) is 0 Å². The zero-order chi connectivity index (χ0) is 15.7. The summed E-state index contributed by atoms with van der Waals surface area (Å²) in [6.45, 7) is 6.89. The summed E-state index contributed by atoms with van der Waals surface area (Å²) in [5.41, 5.74) is 2.65. The van der Waals surface area contributed by atoms with Gasteiger partial charge in [0, 0.05) is 24.6 Å². The van der Waals surface area contributed by atoms with Gasteiger partial charge in [-0.3, -0.25) is 9.89 Å². The Kier molecular flexibility index (Phi) is 4.52. The number of aromatic nitrogens is 2. The van der Waals surface area contributed by atoms with E-state index in [1.807, 2.05) is 11.8 Å². The number of aromatic amines is 1. The van der Waals surface area contributed by atoms with E-state index >= 15 is 0 Å². The van der Waals surface area contributed by atoms with Gasteiger partial charge < -0.3 is 9.64 Å². The molecule has 1 amide bonds. The Morgan fingerprint density at radius 1 is 1.32 bits per heavy atom. The second-order valence-electron chi connectivity index (χ2n) is 6.64. The predicted octanol–water partition coefficient (Wildman–Crippen LogP) is 3.23. The maximum atomic E-state index is 13.0.